The number of hydrogen-bond donors (Lipinski definition) is 1. The van der Waals surface area contributed by atoms with Crippen molar-refractivity contribution in [2.45, 2.75) is 33.7 Å². The highest BCUT2D eigenvalue weighted by molar-refractivity contribution is 5.71. The summed E-state index contributed by atoms with van der Waals surface area (Å²) in [5.74, 6) is 2.59. The number of aryl methyl sites for hydroxylation is 1. The van der Waals surface area contributed by atoms with Crippen molar-refractivity contribution in [2.75, 3.05) is 0 Å². The Morgan fingerprint density at radius 1 is 1.33 bits per heavy atom. The van der Waals surface area contributed by atoms with Crippen LogP contribution in [0, 0.1) is 19.3 Å². The van der Waals surface area contributed by atoms with Gasteiger partial charge in [0.05, 0.1) is 6.04 Å². The van der Waals surface area contributed by atoms with Crippen molar-refractivity contribution in [3.05, 3.63) is 54.2 Å². The number of nitrogens with one attached hydrogen (secondary N) is 1. The zero-order valence-electron chi connectivity index (χ0n) is 11.8. The molecule has 0 aliphatic carbocycles. The molecule has 1 nitrogen and oxygen atoms in total. The van der Waals surface area contributed by atoms with Crippen LogP contribution < -0.4 is 5.32 Å². The lowest BCUT2D eigenvalue weighted by molar-refractivity contribution is 0.794. The average molecular weight is 241 g/mol. The molecule has 1 N–H and O–H groups in total. The molecular weight excluding hydrogens is 218 g/mol. The first-order chi connectivity index (χ1) is 8.63. The Morgan fingerprint density at radius 3 is 2.39 bits per heavy atom. The fourth-order valence-corrected chi connectivity index (χ4v) is 1.21. The minimum atomic E-state index is 0.0436. The smallest absolute Gasteiger partial charge is 0.0841 e. The van der Waals surface area contributed by atoms with Crippen LogP contribution in [-0.2, 0) is 0 Å². The van der Waals surface area contributed by atoms with Gasteiger partial charge in [-0.15, -0.1) is 6.42 Å². The van der Waals surface area contributed by atoms with Gasteiger partial charge in [-0.1, -0.05) is 56.2 Å². The Labute approximate surface area is 112 Å². The summed E-state index contributed by atoms with van der Waals surface area (Å²) in [4.78, 5) is 0. The van der Waals surface area contributed by atoms with Gasteiger partial charge >= 0.3 is 0 Å². The van der Waals surface area contributed by atoms with E-state index in [1.54, 1.807) is 0 Å². The van der Waals surface area contributed by atoms with E-state index in [9.17, 15) is 0 Å². The summed E-state index contributed by atoms with van der Waals surface area (Å²) in [6.45, 7) is 12.0. The monoisotopic (exact) mass is 241 g/mol. The van der Waals surface area contributed by atoms with Gasteiger partial charge in [-0.05, 0) is 37.3 Å². The van der Waals surface area contributed by atoms with E-state index < -0.39 is 0 Å². The summed E-state index contributed by atoms with van der Waals surface area (Å²) in [6, 6.07) is 8.32. The van der Waals surface area contributed by atoms with Crippen molar-refractivity contribution >= 4 is 5.57 Å². The molecule has 0 bridgehead atoms. The van der Waals surface area contributed by atoms with Gasteiger partial charge in [0, 0.05) is 0 Å². The van der Waals surface area contributed by atoms with Crippen LogP contribution in [-0.4, -0.2) is 6.04 Å². The Kier molecular flexibility index (Phi) is 8.14. The first-order valence-electron chi connectivity index (χ1n) is 6.28. The van der Waals surface area contributed by atoms with Crippen molar-refractivity contribution in [3.63, 3.8) is 0 Å². The molecule has 1 unspecified atom stereocenters. The highest BCUT2D eigenvalue weighted by Gasteiger charge is 1.94. The van der Waals surface area contributed by atoms with Gasteiger partial charge in [0.2, 0.25) is 0 Å². The van der Waals surface area contributed by atoms with E-state index in [4.69, 9.17) is 6.42 Å². The molecular formula is C17H23N. The summed E-state index contributed by atoms with van der Waals surface area (Å²) in [5.41, 5.74) is 3.34. The van der Waals surface area contributed by atoms with Gasteiger partial charge in [-0.3, -0.25) is 0 Å². The number of terminal acetylenes is 1. The molecule has 1 heteroatoms. The molecule has 0 fully saturated rings. The number of allylic oxidation sites excluding steroid dienone is 2. The minimum Gasteiger partial charge on any atom is -0.378 e. The normalized spacial score (nSPS) is 11.1. The maximum atomic E-state index is 5.25. The van der Waals surface area contributed by atoms with E-state index in [1.165, 1.54) is 5.56 Å². The quantitative estimate of drug-likeness (QED) is 0.616. The van der Waals surface area contributed by atoms with Crippen LogP contribution in [0.4, 0.5) is 0 Å². The third kappa shape index (κ3) is 5.96. The molecule has 0 aliphatic rings. The van der Waals surface area contributed by atoms with Crippen molar-refractivity contribution in [2.24, 2.45) is 0 Å². The van der Waals surface area contributed by atoms with Crippen LogP contribution in [0.1, 0.15) is 31.9 Å². The summed E-state index contributed by atoms with van der Waals surface area (Å²) < 4.78 is 0. The van der Waals surface area contributed by atoms with E-state index in [0.717, 1.165) is 11.1 Å². The van der Waals surface area contributed by atoms with E-state index in [1.807, 2.05) is 33.0 Å². The van der Waals surface area contributed by atoms with E-state index in [2.05, 4.69) is 49.0 Å². The SMILES string of the molecule is C#CC(C)N/C=C\C(=C)c1ccc(C)cc1.CC. The molecule has 96 valence electrons. The predicted octanol–water partition coefficient (Wildman–Crippen LogP) is 4.16. The van der Waals surface area contributed by atoms with Crippen LogP contribution in [0.3, 0.4) is 0 Å². The van der Waals surface area contributed by atoms with E-state index >= 15 is 0 Å². The van der Waals surface area contributed by atoms with Gasteiger partial charge in [0.15, 0.2) is 0 Å². The molecule has 0 saturated carbocycles. The Balaban J connectivity index is 0.00000137. The van der Waals surface area contributed by atoms with Gasteiger partial charge in [-0.25, -0.2) is 0 Å². The molecule has 0 amide bonds. The molecule has 1 rings (SSSR count). The summed E-state index contributed by atoms with van der Waals surface area (Å²) in [5, 5.41) is 3.07. The maximum absolute atomic E-state index is 5.25. The van der Waals surface area contributed by atoms with Gasteiger partial charge in [0.25, 0.3) is 0 Å². The third-order valence-corrected chi connectivity index (χ3v) is 2.30. The Morgan fingerprint density at radius 2 is 1.89 bits per heavy atom. The lowest BCUT2D eigenvalue weighted by Gasteiger charge is -2.04. The van der Waals surface area contributed by atoms with Crippen LogP contribution in [0.25, 0.3) is 5.57 Å². The lowest BCUT2D eigenvalue weighted by Crippen LogP contribution is -2.17. The Bertz CT molecular complexity index is 418. The van der Waals surface area contributed by atoms with Gasteiger partial charge in [0.1, 0.15) is 0 Å². The molecule has 18 heavy (non-hydrogen) atoms. The number of hydrogen-bond acceptors (Lipinski definition) is 1. The second-order valence-corrected chi connectivity index (χ2v) is 3.78. The molecule has 0 radical (unpaired) electrons. The van der Waals surface area contributed by atoms with E-state index in [0.29, 0.717) is 0 Å². The fourth-order valence-electron chi connectivity index (χ4n) is 1.21. The molecule has 0 aliphatic heterocycles. The first kappa shape index (κ1) is 16.1. The second kappa shape index (κ2) is 9.13. The second-order valence-electron chi connectivity index (χ2n) is 3.78. The van der Waals surface area contributed by atoms with Crippen molar-refractivity contribution < 1.29 is 0 Å². The van der Waals surface area contributed by atoms with Crippen LogP contribution in [0.15, 0.2) is 43.1 Å². The largest absolute Gasteiger partial charge is 0.378 e. The molecule has 0 heterocycles. The molecule has 0 spiro atoms. The molecule has 1 aromatic carbocycles. The maximum Gasteiger partial charge on any atom is 0.0841 e. The molecule has 0 saturated heterocycles. The van der Waals surface area contributed by atoms with Gasteiger partial charge in [-0.2, -0.15) is 0 Å². The minimum absolute atomic E-state index is 0.0436. The number of benzene rings is 1. The van der Waals surface area contributed by atoms with Crippen LogP contribution >= 0.6 is 0 Å². The highest BCUT2D eigenvalue weighted by Crippen LogP contribution is 2.13. The highest BCUT2D eigenvalue weighted by atomic mass is 14.9. The van der Waals surface area contributed by atoms with Gasteiger partial charge < -0.3 is 5.32 Å². The topological polar surface area (TPSA) is 12.0 Å². The number of rotatable bonds is 4. The third-order valence-electron chi connectivity index (χ3n) is 2.30. The first-order valence-corrected chi connectivity index (χ1v) is 6.28. The summed E-state index contributed by atoms with van der Waals surface area (Å²) >= 11 is 0. The zero-order chi connectivity index (χ0) is 14.0. The van der Waals surface area contributed by atoms with E-state index in [-0.39, 0.29) is 6.04 Å². The average Bonchev–Trinajstić information content (AvgIpc) is 2.41. The fraction of sp³-hybridized carbons (Fsp3) is 0.294. The molecule has 1 atom stereocenters. The standard InChI is InChI=1S/C15H17N.C2H6/c1-5-14(4)16-11-10-13(3)15-8-6-12(2)7-9-15;1-2/h1,6-11,14,16H,3H2,2,4H3;1-2H3/b11-10-;. The molecule has 0 aromatic heterocycles. The zero-order valence-corrected chi connectivity index (χ0v) is 11.8. The van der Waals surface area contributed by atoms with Crippen molar-refractivity contribution in [1.29, 1.82) is 0 Å². The van der Waals surface area contributed by atoms with Crippen LogP contribution in [0.5, 0.6) is 0 Å². The van der Waals surface area contributed by atoms with Crippen LogP contribution in [0.2, 0.25) is 0 Å². The predicted molar refractivity (Wildman–Crippen MR) is 82.1 cm³/mol. The summed E-state index contributed by atoms with van der Waals surface area (Å²) in [7, 11) is 0. The lowest BCUT2D eigenvalue weighted by atomic mass is 10.1. The molecule has 1 aromatic rings. The Hall–Kier alpha value is -1.94. The van der Waals surface area contributed by atoms with Crippen molar-refractivity contribution in [3.8, 4) is 12.3 Å². The summed E-state index contributed by atoms with van der Waals surface area (Å²) in [6.07, 6.45) is 9.02. The van der Waals surface area contributed by atoms with Crippen molar-refractivity contribution in [1.82, 2.24) is 5.32 Å².